The summed E-state index contributed by atoms with van der Waals surface area (Å²) in [5.74, 6) is 0. The van der Waals surface area contributed by atoms with Crippen LogP contribution in [-0.4, -0.2) is 9.94 Å². The third kappa shape index (κ3) is 1.11. The summed E-state index contributed by atoms with van der Waals surface area (Å²) in [6.45, 7) is 0. The van der Waals surface area contributed by atoms with Crippen LogP contribution in [0.5, 0.6) is 0 Å². The van der Waals surface area contributed by atoms with E-state index in [-0.39, 0.29) is 0 Å². The normalized spacial score (nSPS) is 11.3. The van der Waals surface area contributed by atoms with Crippen LogP contribution in [0.25, 0.3) is 21.7 Å². The zero-order valence-electron chi connectivity index (χ0n) is 7.98. The molecule has 3 aromatic rings. The van der Waals surface area contributed by atoms with Gasteiger partial charge >= 0.3 is 0 Å². The van der Waals surface area contributed by atoms with E-state index < -0.39 is 5.56 Å². The van der Waals surface area contributed by atoms with Crippen molar-refractivity contribution in [1.82, 2.24) is 4.73 Å². The molecule has 0 fully saturated rings. The largest absolute Gasteiger partial charge is 0.425 e. The van der Waals surface area contributed by atoms with Gasteiger partial charge in [-0.25, -0.2) is 0 Å². The fourth-order valence-electron chi connectivity index (χ4n) is 1.84. The maximum Gasteiger partial charge on any atom is 0.292 e. The van der Waals surface area contributed by atoms with Crippen LogP contribution in [0, 0.1) is 0 Å². The summed E-state index contributed by atoms with van der Waals surface area (Å²) in [5, 5.41) is 13.4. The van der Waals surface area contributed by atoms with Gasteiger partial charge in [-0.2, -0.15) is 0 Å². The highest BCUT2D eigenvalue weighted by Crippen LogP contribution is 2.33. The Morgan fingerprint density at radius 1 is 1.25 bits per heavy atom. The van der Waals surface area contributed by atoms with Crippen LogP contribution >= 0.6 is 22.9 Å². The van der Waals surface area contributed by atoms with Crippen molar-refractivity contribution in [3.63, 3.8) is 0 Å². The Hall–Kier alpha value is -1.52. The van der Waals surface area contributed by atoms with Crippen molar-refractivity contribution in [3.05, 3.63) is 44.3 Å². The van der Waals surface area contributed by atoms with E-state index in [0.29, 0.717) is 20.0 Å². The van der Waals surface area contributed by atoms with Gasteiger partial charge in [0.25, 0.3) is 5.56 Å². The number of rotatable bonds is 0. The number of fused-ring (bicyclic) bond motifs is 3. The summed E-state index contributed by atoms with van der Waals surface area (Å²) in [5.41, 5.74) is 0.0390. The van der Waals surface area contributed by atoms with E-state index in [2.05, 4.69) is 0 Å². The first-order valence-corrected chi connectivity index (χ1v) is 5.85. The number of hydrogen-bond acceptors (Lipinski definition) is 3. The van der Waals surface area contributed by atoms with Gasteiger partial charge in [-0.3, -0.25) is 4.79 Å². The van der Waals surface area contributed by atoms with Gasteiger partial charge in [-0.1, -0.05) is 29.8 Å². The molecule has 5 heteroatoms. The Bertz CT molecular complexity index is 760. The number of halogens is 1. The Labute approximate surface area is 99.1 Å². The number of nitrogens with zero attached hydrogens (tertiary/aromatic N) is 1. The highest BCUT2D eigenvalue weighted by Gasteiger charge is 2.13. The Morgan fingerprint density at radius 2 is 2.00 bits per heavy atom. The third-order valence-corrected chi connectivity index (χ3v) is 3.79. The van der Waals surface area contributed by atoms with E-state index in [0.717, 1.165) is 10.8 Å². The van der Waals surface area contributed by atoms with Crippen molar-refractivity contribution in [2.24, 2.45) is 0 Å². The molecule has 80 valence electrons. The molecule has 2 aromatic heterocycles. The van der Waals surface area contributed by atoms with Crippen molar-refractivity contribution in [2.75, 3.05) is 0 Å². The van der Waals surface area contributed by atoms with Crippen LogP contribution < -0.4 is 5.56 Å². The van der Waals surface area contributed by atoms with Crippen LogP contribution in [0.2, 0.25) is 4.34 Å². The molecule has 0 unspecified atom stereocenters. The van der Waals surface area contributed by atoms with Crippen molar-refractivity contribution in [3.8, 4) is 0 Å². The second-order valence-electron chi connectivity index (χ2n) is 3.43. The monoisotopic (exact) mass is 251 g/mol. The molecule has 1 aromatic carbocycles. The SMILES string of the molecule is O=c1c2csc(Cl)c2c2ccccc2n1O. The first-order chi connectivity index (χ1) is 7.70. The minimum atomic E-state index is -0.433. The second kappa shape index (κ2) is 3.23. The van der Waals surface area contributed by atoms with Gasteiger partial charge in [0.1, 0.15) is 4.34 Å². The van der Waals surface area contributed by atoms with Crippen molar-refractivity contribution >= 4 is 44.6 Å². The maximum atomic E-state index is 11.8. The molecule has 0 spiro atoms. The lowest BCUT2D eigenvalue weighted by molar-refractivity contribution is 0.190. The molecule has 0 radical (unpaired) electrons. The maximum absolute atomic E-state index is 11.8. The molecule has 16 heavy (non-hydrogen) atoms. The smallest absolute Gasteiger partial charge is 0.292 e. The minimum Gasteiger partial charge on any atom is -0.425 e. The molecule has 2 heterocycles. The lowest BCUT2D eigenvalue weighted by Gasteiger charge is -2.04. The summed E-state index contributed by atoms with van der Waals surface area (Å²) < 4.78 is 1.24. The molecule has 0 aliphatic heterocycles. The van der Waals surface area contributed by atoms with Gasteiger partial charge in [0.15, 0.2) is 0 Å². The second-order valence-corrected chi connectivity index (χ2v) is 4.91. The minimum absolute atomic E-state index is 0.433. The first kappa shape index (κ1) is 9.69. The number of hydrogen-bond donors (Lipinski definition) is 1. The number of pyridine rings is 1. The van der Waals surface area contributed by atoms with Crippen molar-refractivity contribution in [2.45, 2.75) is 0 Å². The van der Waals surface area contributed by atoms with Gasteiger partial charge in [0, 0.05) is 16.2 Å². The lowest BCUT2D eigenvalue weighted by atomic mass is 10.1. The van der Waals surface area contributed by atoms with Gasteiger partial charge in [-0.05, 0) is 6.07 Å². The molecule has 0 atom stereocenters. The standard InChI is InChI=1S/C11H6ClNO2S/c12-10-9-6-3-1-2-4-8(6)13(15)11(14)7(9)5-16-10/h1-5,15H. The molecular formula is C11H6ClNO2S. The molecule has 0 amide bonds. The Balaban J connectivity index is 2.77. The molecule has 0 saturated heterocycles. The van der Waals surface area contributed by atoms with Crippen molar-refractivity contribution in [1.29, 1.82) is 0 Å². The summed E-state index contributed by atoms with van der Waals surface area (Å²) >= 11 is 7.36. The first-order valence-electron chi connectivity index (χ1n) is 4.60. The van der Waals surface area contributed by atoms with E-state index in [1.807, 2.05) is 12.1 Å². The predicted molar refractivity (Wildman–Crippen MR) is 65.8 cm³/mol. The van der Waals surface area contributed by atoms with Gasteiger partial charge in [0.2, 0.25) is 0 Å². The Morgan fingerprint density at radius 3 is 2.81 bits per heavy atom. The zero-order valence-corrected chi connectivity index (χ0v) is 9.55. The quantitative estimate of drug-likeness (QED) is 0.624. The summed E-state index contributed by atoms with van der Waals surface area (Å²) in [6, 6.07) is 7.13. The summed E-state index contributed by atoms with van der Waals surface area (Å²) in [6.07, 6.45) is 0. The number of aromatic nitrogens is 1. The number of benzene rings is 1. The Kier molecular flexibility index (Phi) is 1.96. The number of para-hydroxylation sites is 1. The molecule has 3 nitrogen and oxygen atoms in total. The molecular weight excluding hydrogens is 246 g/mol. The van der Waals surface area contributed by atoms with Crippen LogP contribution in [0.3, 0.4) is 0 Å². The van der Waals surface area contributed by atoms with Crippen LogP contribution in [-0.2, 0) is 0 Å². The van der Waals surface area contributed by atoms with E-state index in [9.17, 15) is 10.0 Å². The van der Waals surface area contributed by atoms with E-state index in [1.165, 1.54) is 11.3 Å². The molecule has 1 N–H and O–H groups in total. The van der Waals surface area contributed by atoms with E-state index >= 15 is 0 Å². The van der Waals surface area contributed by atoms with Gasteiger partial charge in [-0.15, -0.1) is 16.1 Å². The van der Waals surface area contributed by atoms with Gasteiger partial charge in [0.05, 0.1) is 10.9 Å². The van der Waals surface area contributed by atoms with E-state index in [4.69, 9.17) is 11.6 Å². The number of thiophene rings is 1. The molecule has 0 aliphatic carbocycles. The predicted octanol–water partition coefficient (Wildman–Crippen LogP) is 3.11. The third-order valence-electron chi connectivity index (χ3n) is 2.57. The fraction of sp³-hybridized carbons (Fsp3) is 0. The average Bonchev–Trinajstić information content (AvgIpc) is 2.69. The van der Waals surface area contributed by atoms with Crippen LogP contribution in [0.1, 0.15) is 0 Å². The summed E-state index contributed by atoms with van der Waals surface area (Å²) in [4.78, 5) is 11.8. The van der Waals surface area contributed by atoms with Crippen LogP contribution in [0.4, 0.5) is 0 Å². The molecule has 3 rings (SSSR count). The summed E-state index contributed by atoms with van der Waals surface area (Å²) in [7, 11) is 0. The molecule has 0 saturated carbocycles. The highest BCUT2D eigenvalue weighted by molar-refractivity contribution is 7.16. The highest BCUT2D eigenvalue weighted by atomic mass is 35.5. The van der Waals surface area contributed by atoms with Crippen molar-refractivity contribution < 1.29 is 5.21 Å². The topological polar surface area (TPSA) is 42.2 Å². The van der Waals surface area contributed by atoms with E-state index in [1.54, 1.807) is 17.5 Å². The lowest BCUT2D eigenvalue weighted by Crippen LogP contribution is -2.17. The average molecular weight is 252 g/mol. The molecule has 0 bridgehead atoms. The van der Waals surface area contributed by atoms with Crippen LogP contribution in [0.15, 0.2) is 34.4 Å². The molecule has 0 aliphatic rings. The fourth-order valence-corrected chi connectivity index (χ4v) is 2.95. The van der Waals surface area contributed by atoms with Gasteiger partial charge < -0.3 is 5.21 Å². The zero-order chi connectivity index (χ0) is 11.3.